The molecule has 0 saturated carbocycles. The molecule has 2 amide bonds. The zero-order valence-corrected chi connectivity index (χ0v) is 14.1. The average Bonchev–Trinajstić information content (AvgIpc) is 2.94. The summed E-state index contributed by atoms with van der Waals surface area (Å²) in [7, 11) is 0. The molecule has 2 unspecified atom stereocenters. The lowest BCUT2D eigenvalue weighted by molar-refractivity contribution is 0.233. The van der Waals surface area contributed by atoms with Gasteiger partial charge in [0.15, 0.2) is 0 Å². The predicted molar refractivity (Wildman–Crippen MR) is 89.6 cm³/mol. The minimum atomic E-state index is -0.235. The van der Waals surface area contributed by atoms with Crippen LogP contribution in [0.1, 0.15) is 49.9 Å². The number of amides is 2. The minimum Gasteiger partial charge on any atom is -0.494 e. The number of aryl methyl sites for hydroxylation is 1. The average molecular weight is 316 g/mol. The van der Waals surface area contributed by atoms with Gasteiger partial charge in [0.25, 0.3) is 0 Å². The Balaban J connectivity index is 1.92. The van der Waals surface area contributed by atoms with Gasteiger partial charge in [-0.25, -0.2) is 4.79 Å². The first-order valence-electron chi connectivity index (χ1n) is 7.85. The van der Waals surface area contributed by atoms with E-state index >= 15 is 0 Å². The summed E-state index contributed by atoms with van der Waals surface area (Å²) in [5, 5.41) is 5.80. The van der Waals surface area contributed by atoms with Gasteiger partial charge in [-0.2, -0.15) is 0 Å². The second-order valence-electron chi connectivity index (χ2n) is 5.52. The molecular formula is C18H24N2O3. The molecule has 0 bridgehead atoms. The maximum atomic E-state index is 12.1. The van der Waals surface area contributed by atoms with Crippen molar-refractivity contribution >= 4 is 6.03 Å². The molecule has 0 spiro atoms. The molecule has 124 valence electrons. The number of rotatable bonds is 6. The molecule has 1 heterocycles. The number of furan rings is 1. The molecule has 0 fully saturated rings. The number of hydrogen-bond donors (Lipinski definition) is 2. The van der Waals surface area contributed by atoms with E-state index in [1.165, 1.54) is 0 Å². The Labute approximate surface area is 137 Å². The first-order valence-corrected chi connectivity index (χ1v) is 7.85. The van der Waals surface area contributed by atoms with Crippen LogP contribution in [0, 0.1) is 6.92 Å². The van der Waals surface area contributed by atoms with Gasteiger partial charge in [-0.3, -0.25) is 0 Å². The Morgan fingerprint density at radius 3 is 2.57 bits per heavy atom. The zero-order valence-electron chi connectivity index (χ0n) is 14.1. The van der Waals surface area contributed by atoms with Crippen molar-refractivity contribution in [2.45, 2.75) is 39.8 Å². The van der Waals surface area contributed by atoms with Crippen LogP contribution in [0.15, 0.2) is 40.8 Å². The van der Waals surface area contributed by atoms with Crippen LogP contribution in [0.4, 0.5) is 4.79 Å². The molecule has 2 aromatic rings. The van der Waals surface area contributed by atoms with E-state index in [4.69, 9.17) is 9.15 Å². The molecule has 2 rings (SSSR count). The molecule has 2 atom stereocenters. The van der Waals surface area contributed by atoms with E-state index < -0.39 is 0 Å². The summed E-state index contributed by atoms with van der Waals surface area (Å²) in [4.78, 5) is 12.1. The Bertz CT molecular complexity index is 651. The molecular weight excluding hydrogens is 292 g/mol. The zero-order chi connectivity index (χ0) is 16.8. The van der Waals surface area contributed by atoms with E-state index in [0.717, 1.165) is 22.8 Å². The topological polar surface area (TPSA) is 63.5 Å². The summed E-state index contributed by atoms with van der Waals surface area (Å²) in [5.41, 5.74) is 0.993. The fourth-order valence-electron chi connectivity index (χ4n) is 2.32. The molecule has 0 aliphatic rings. The summed E-state index contributed by atoms with van der Waals surface area (Å²) in [6.45, 7) is 8.26. The standard InChI is InChI=1S/C18H24N2O3/c1-5-22-16-8-6-7-15(11-16)13(3)19-18(21)20-14(4)17-10-9-12(2)23-17/h6-11,13-14H,5H2,1-4H3,(H2,19,20,21). The molecule has 5 heteroatoms. The highest BCUT2D eigenvalue weighted by atomic mass is 16.5. The second kappa shape index (κ2) is 7.72. The van der Waals surface area contributed by atoms with Gasteiger partial charge in [0.1, 0.15) is 17.3 Å². The van der Waals surface area contributed by atoms with Crippen LogP contribution in [-0.4, -0.2) is 12.6 Å². The lowest BCUT2D eigenvalue weighted by Gasteiger charge is -2.18. The van der Waals surface area contributed by atoms with Gasteiger partial charge in [-0.15, -0.1) is 0 Å². The van der Waals surface area contributed by atoms with Crippen molar-refractivity contribution < 1.29 is 13.9 Å². The summed E-state index contributed by atoms with van der Waals surface area (Å²) >= 11 is 0. The number of ether oxygens (including phenoxy) is 1. The third-order valence-electron chi connectivity index (χ3n) is 3.55. The Morgan fingerprint density at radius 2 is 1.91 bits per heavy atom. The van der Waals surface area contributed by atoms with Crippen molar-refractivity contribution in [1.82, 2.24) is 10.6 Å². The van der Waals surface area contributed by atoms with Crippen LogP contribution in [0.5, 0.6) is 5.75 Å². The molecule has 0 radical (unpaired) electrons. The molecule has 1 aromatic heterocycles. The van der Waals surface area contributed by atoms with Crippen LogP contribution in [0.25, 0.3) is 0 Å². The van der Waals surface area contributed by atoms with Crippen molar-refractivity contribution in [3.05, 3.63) is 53.5 Å². The largest absolute Gasteiger partial charge is 0.494 e. The van der Waals surface area contributed by atoms with Crippen LogP contribution < -0.4 is 15.4 Å². The molecule has 23 heavy (non-hydrogen) atoms. The van der Waals surface area contributed by atoms with Crippen LogP contribution >= 0.6 is 0 Å². The van der Waals surface area contributed by atoms with Gasteiger partial charge in [0, 0.05) is 0 Å². The van der Waals surface area contributed by atoms with Crippen molar-refractivity contribution in [3.8, 4) is 5.75 Å². The lowest BCUT2D eigenvalue weighted by atomic mass is 10.1. The fourth-order valence-corrected chi connectivity index (χ4v) is 2.32. The summed E-state index contributed by atoms with van der Waals surface area (Å²) in [6, 6.07) is 10.9. The van der Waals surface area contributed by atoms with E-state index in [-0.39, 0.29) is 18.1 Å². The highest BCUT2D eigenvalue weighted by Crippen LogP contribution is 2.19. The molecule has 5 nitrogen and oxygen atoms in total. The van der Waals surface area contributed by atoms with Crippen molar-refractivity contribution in [2.75, 3.05) is 6.61 Å². The van der Waals surface area contributed by atoms with Gasteiger partial charge >= 0.3 is 6.03 Å². The summed E-state index contributed by atoms with van der Waals surface area (Å²) in [5.74, 6) is 2.37. The van der Waals surface area contributed by atoms with Gasteiger partial charge in [-0.05, 0) is 57.5 Å². The predicted octanol–water partition coefficient (Wildman–Crippen LogP) is 4.11. The molecule has 1 aromatic carbocycles. The maximum Gasteiger partial charge on any atom is 0.315 e. The van der Waals surface area contributed by atoms with Crippen molar-refractivity contribution in [1.29, 1.82) is 0 Å². The van der Waals surface area contributed by atoms with E-state index in [1.807, 2.05) is 64.1 Å². The van der Waals surface area contributed by atoms with E-state index in [2.05, 4.69) is 10.6 Å². The first-order chi connectivity index (χ1) is 11.0. The number of benzene rings is 1. The molecule has 0 aliphatic heterocycles. The van der Waals surface area contributed by atoms with E-state index in [9.17, 15) is 4.79 Å². The van der Waals surface area contributed by atoms with E-state index in [1.54, 1.807) is 0 Å². The van der Waals surface area contributed by atoms with Crippen LogP contribution in [0.3, 0.4) is 0 Å². The Kier molecular flexibility index (Phi) is 5.68. The van der Waals surface area contributed by atoms with Gasteiger partial charge in [0.2, 0.25) is 0 Å². The first kappa shape index (κ1) is 16.9. The van der Waals surface area contributed by atoms with E-state index in [0.29, 0.717) is 6.61 Å². The quantitative estimate of drug-likeness (QED) is 0.843. The molecule has 2 N–H and O–H groups in total. The highest BCUT2D eigenvalue weighted by molar-refractivity contribution is 5.74. The Hall–Kier alpha value is -2.43. The van der Waals surface area contributed by atoms with Gasteiger partial charge in [-0.1, -0.05) is 12.1 Å². The molecule has 0 saturated heterocycles. The number of hydrogen-bond acceptors (Lipinski definition) is 3. The summed E-state index contributed by atoms with van der Waals surface area (Å²) in [6.07, 6.45) is 0. The number of urea groups is 1. The van der Waals surface area contributed by atoms with Crippen molar-refractivity contribution in [2.24, 2.45) is 0 Å². The third-order valence-corrected chi connectivity index (χ3v) is 3.55. The normalized spacial score (nSPS) is 13.2. The Morgan fingerprint density at radius 1 is 1.17 bits per heavy atom. The smallest absolute Gasteiger partial charge is 0.315 e. The minimum absolute atomic E-state index is 0.124. The van der Waals surface area contributed by atoms with Gasteiger partial charge < -0.3 is 19.8 Å². The van der Waals surface area contributed by atoms with Crippen LogP contribution in [-0.2, 0) is 0 Å². The third kappa shape index (κ3) is 4.77. The van der Waals surface area contributed by atoms with Gasteiger partial charge in [0.05, 0.1) is 18.7 Å². The monoisotopic (exact) mass is 316 g/mol. The SMILES string of the molecule is CCOc1cccc(C(C)NC(=O)NC(C)c2ccc(C)o2)c1. The fraction of sp³-hybridized carbons (Fsp3) is 0.389. The maximum absolute atomic E-state index is 12.1. The summed E-state index contributed by atoms with van der Waals surface area (Å²) < 4.78 is 11.0. The molecule has 0 aliphatic carbocycles. The lowest BCUT2D eigenvalue weighted by Crippen LogP contribution is -2.38. The van der Waals surface area contributed by atoms with Crippen LogP contribution in [0.2, 0.25) is 0 Å². The number of nitrogens with one attached hydrogen (secondary N) is 2. The second-order valence-corrected chi connectivity index (χ2v) is 5.52. The number of carbonyl (C=O) groups is 1. The highest BCUT2D eigenvalue weighted by Gasteiger charge is 2.15. The number of carbonyl (C=O) groups excluding carboxylic acids is 1. The van der Waals surface area contributed by atoms with Crippen molar-refractivity contribution in [3.63, 3.8) is 0 Å².